The summed E-state index contributed by atoms with van der Waals surface area (Å²) in [5.74, 6) is 0.425. The highest BCUT2D eigenvalue weighted by Crippen LogP contribution is 2.42. The van der Waals surface area contributed by atoms with E-state index in [1.165, 1.54) is 0 Å². The van der Waals surface area contributed by atoms with Crippen molar-refractivity contribution in [1.29, 1.82) is 0 Å². The average molecular weight is 572 g/mol. The first-order valence-corrected chi connectivity index (χ1v) is 15.5. The maximum atomic E-state index is 14.6. The number of fused-ring (bicyclic) bond motifs is 1. The first-order valence-electron chi connectivity index (χ1n) is 13.9. The van der Waals surface area contributed by atoms with Crippen molar-refractivity contribution in [1.82, 2.24) is 9.80 Å². The van der Waals surface area contributed by atoms with Gasteiger partial charge in [0.15, 0.2) is 0 Å². The molecule has 4 aliphatic rings. The molecular formula is C29H34FN3O6S. The zero-order valence-electron chi connectivity index (χ0n) is 22.3. The third kappa shape index (κ3) is 5.73. The molecule has 9 nitrogen and oxygen atoms in total. The summed E-state index contributed by atoms with van der Waals surface area (Å²) in [4.78, 5) is 29.7. The first-order chi connectivity index (χ1) is 19.2. The van der Waals surface area contributed by atoms with Crippen LogP contribution < -0.4 is 9.88 Å². The standard InChI is InChI=1S/C29H34FN3O6S/c30-27-12-25(40(31,36)37)3-4-26(27)29(35)33-15-22-13-32(14-23(22)16-33)28(34)21-9-20(19-1-2-19)10-24(11-21)39-17-18-5-7-38-8-6-18/h3-4,9-12,18-19,22-23H,1-2,5-8,13-17H2,(H2,31,36,37). The van der Waals surface area contributed by atoms with Gasteiger partial charge in [-0.15, -0.1) is 0 Å². The fraction of sp³-hybridized carbons (Fsp3) is 0.517. The van der Waals surface area contributed by atoms with E-state index in [4.69, 9.17) is 14.6 Å². The van der Waals surface area contributed by atoms with E-state index >= 15 is 0 Å². The highest BCUT2D eigenvalue weighted by atomic mass is 32.2. The van der Waals surface area contributed by atoms with E-state index in [2.05, 4.69) is 6.07 Å². The van der Waals surface area contributed by atoms with Gasteiger partial charge in [-0.2, -0.15) is 0 Å². The van der Waals surface area contributed by atoms with Crippen molar-refractivity contribution in [3.8, 4) is 5.75 Å². The van der Waals surface area contributed by atoms with E-state index in [1.54, 1.807) is 4.90 Å². The van der Waals surface area contributed by atoms with Crippen LogP contribution in [0.3, 0.4) is 0 Å². The fourth-order valence-electron chi connectivity index (χ4n) is 6.13. The van der Waals surface area contributed by atoms with Gasteiger partial charge in [-0.25, -0.2) is 17.9 Å². The molecule has 214 valence electrons. The number of halogens is 1. The maximum absolute atomic E-state index is 14.6. The zero-order chi connectivity index (χ0) is 28.0. The number of benzene rings is 2. The Morgan fingerprint density at radius 2 is 1.57 bits per heavy atom. The summed E-state index contributed by atoms with van der Waals surface area (Å²) in [6, 6.07) is 9.00. The van der Waals surface area contributed by atoms with Crippen LogP contribution in [-0.2, 0) is 14.8 Å². The van der Waals surface area contributed by atoms with Crippen molar-refractivity contribution >= 4 is 21.8 Å². The van der Waals surface area contributed by atoms with Crippen molar-refractivity contribution in [2.24, 2.45) is 22.9 Å². The minimum Gasteiger partial charge on any atom is -0.493 e. The van der Waals surface area contributed by atoms with Gasteiger partial charge in [-0.05, 0) is 79.5 Å². The van der Waals surface area contributed by atoms with E-state index in [9.17, 15) is 22.4 Å². The van der Waals surface area contributed by atoms with Crippen molar-refractivity contribution in [2.75, 3.05) is 46.0 Å². The van der Waals surface area contributed by atoms with Crippen LogP contribution in [0.2, 0.25) is 0 Å². The van der Waals surface area contributed by atoms with Crippen LogP contribution in [0.25, 0.3) is 0 Å². The van der Waals surface area contributed by atoms with Crippen LogP contribution in [0.4, 0.5) is 4.39 Å². The molecule has 3 saturated heterocycles. The summed E-state index contributed by atoms with van der Waals surface area (Å²) in [5, 5.41) is 5.06. The third-order valence-electron chi connectivity index (χ3n) is 8.61. The van der Waals surface area contributed by atoms with Gasteiger partial charge in [0.25, 0.3) is 11.8 Å². The van der Waals surface area contributed by atoms with Crippen LogP contribution in [-0.4, -0.2) is 76.0 Å². The summed E-state index contributed by atoms with van der Waals surface area (Å²) in [5.41, 5.74) is 1.60. The summed E-state index contributed by atoms with van der Waals surface area (Å²) in [6.07, 6.45) is 4.22. The van der Waals surface area contributed by atoms with Gasteiger partial charge >= 0.3 is 0 Å². The zero-order valence-corrected chi connectivity index (χ0v) is 23.1. The van der Waals surface area contributed by atoms with Crippen LogP contribution in [0.15, 0.2) is 41.3 Å². The van der Waals surface area contributed by atoms with E-state index in [0.717, 1.165) is 68.4 Å². The monoisotopic (exact) mass is 571 g/mol. The summed E-state index contributed by atoms with van der Waals surface area (Å²) < 4.78 is 49.2. The number of ether oxygens (including phenoxy) is 2. The number of carbonyl (C=O) groups is 2. The summed E-state index contributed by atoms with van der Waals surface area (Å²) in [6.45, 7) is 4.00. The third-order valence-corrected chi connectivity index (χ3v) is 9.52. The van der Waals surface area contributed by atoms with Gasteiger partial charge in [0.2, 0.25) is 10.0 Å². The quantitative estimate of drug-likeness (QED) is 0.546. The second kappa shape index (κ2) is 10.8. The minimum absolute atomic E-state index is 0.0321. The number of nitrogens with zero attached hydrogens (tertiary/aromatic N) is 2. The molecule has 1 saturated carbocycles. The minimum atomic E-state index is -4.07. The fourth-order valence-corrected chi connectivity index (χ4v) is 6.66. The second-order valence-corrected chi connectivity index (χ2v) is 13.1. The molecule has 0 radical (unpaired) electrons. The molecule has 2 aromatic carbocycles. The molecule has 2 N–H and O–H groups in total. The van der Waals surface area contributed by atoms with E-state index in [-0.39, 0.29) is 28.2 Å². The van der Waals surface area contributed by atoms with Crippen molar-refractivity contribution < 1.29 is 31.9 Å². The Hall–Kier alpha value is -3.02. The molecule has 2 unspecified atom stereocenters. The van der Waals surface area contributed by atoms with Crippen LogP contribution in [0.5, 0.6) is 5.75 Å². The van der Waals surface area contributed by atoms with E-state index in [0.29, 0.717) is 50.2 Å². The number of sulfonamides is 1. The highest BCUT2D eigenvalue weighted by Gasteiger charge is 2.44. The van der Waals surface area contributed by atoms with Gasteiger partial charge in [0, 0.05) is 56.8 Å². The second-order valence-electron chi connectivity index (χ2n) is 11.6. The molecule has 2 amide bonds. The number of nitrogens with two attached hydrogens (primary N) is 1. The molecule has 2 atom stereocenters. The Morgan fingerprint density at radius 3 is 2.17 bits per heavy atom. The Morgan fingerprint density at radius 1 is 0.925 bits per heavy atom. The molecule has 2 aromatic rings. The molecule has 11 heteroatoms. The van der Waals surface area contributed by atoms with Crippen LogP contribution in [0.1, 0.15) is 57.9 Å². The highest BCUT2D eigenvalue weighted by molar-refractivity contribution is 7.89. The predicted octanol–water partition coefficient (Wildman–Crippen LogP) is 3.00. The number of primary sulfonamides is 1. The Bertz CT molecular complexity index is 1410. The van der Waals surface area contributed by atoms with Crippen LogP contribution in [0, 0.1) is 23.6 Å². The Labute approximate surface area is 233 Å². The average Bonchev–Trinajstić information content (AvgIpc) is 3.60. The maximum Gasteiger partial charge on any atom is 0.256 e. The van der Waals surface area contributed by atoms with Gasteiger partial charge < -0.3 is 19.3 Å². The summed E-state index contributed by atoms with van der Waals surface area (Å²) >= 11 is 0. The number of amides is 2. The number of hydrogen-bond donors (Lipinski definition) is 1. The lowest BCUT2D eigenvalue weighted by atomic mass is 10.0. The molecular weight excluding hydrogens is 537 g/mol. The molecule has 6 rings (SSSR count). The van der Waals surface area contributed by atoms with Gasteiger partial charge in [-0.1, -0.05) is 0 Å². The lowest BCUT2D eigenvalue weighted by molar-refractivity contribution is 0.0497. The molecule has 1 aliphatic carbocycles. The number of likely N-dealkylation sites (tertiary alicyclic amines) is 2. The van der Waals surface area contributed by atoms with Gasteiger partial charge in [0.1, 0.15) is 11.6 Å². The number of carbonyl (C=O) groups excluding carboxylic acids is 2. The van der Waals surface area contributed by atoms with Crippen LogP contribution >= 0.6 is 0 Å². The molecule has 3 heterocycles. The number of hydrogen-bond acceptors (Lipinski definition) is 6. The lowest BCUT2D eigenvalue weighted by Gasteiger charge is -2.24. The molecule has 3 aliphatic heterocycles. The van der Waals surface area contributed by atoms with E-state index in [1.807, 2.05) is 17.0 Å². The number of rotatable bonds is 7. The lowest BCUT2D eigenvalue weighted by Crippen LogP contribution is -2.36. The molecule has 40 heavy (non-hydrogen) atoms. The molecule has 0 spiro atoms. The first kappa shape index (κ1) is 27.2. The largest absolute Gasteiger partial charge is 0.493 e. The summed E-state index contributed by atoms with van der Waals surface area (Å²) in [7, 11) is -4.07. The van der Waals surface area contributed by atoms with Crippen molar-refractivity contribution in [2.45, 2.75) is 36.5 Å². The molecule has 0 aromatic heterocycles. The smallest absolute Gasteiger partial charge is 0.256 e. The van der Waals surface area contributed by atoms with Gasteiger partial charge in [-0.3, -0.25) is 9.59 Å². The van der Waals surface area contributed by atoms with Crippen molar-refractivity contribution in [3.63, 3.8) is 0 Å². The van der Waals surface area contributed by atoms with Gasteiger partial charge in [0.05, 0.1) is 17.1 Å². The Kier molecular flexibility index (Phi) is 7.30. The normalized spacial score (nSPS) is 23.4. The topological polar surface area (TPSA) is 119 Å². The molecule has 4 fully saturated rings. The van der Waals surface area contributed by atoms with E-state index < -0.39 is 21.7 Å². The molecule has 0 bridgehead atoms. The van der Waals surface area contributed by atoms with Crippen molar-refractivity contribution in [3.05, 3.63) is 58.9 Å². The Balaban J connectivity index is 1.10. The predicted molar refractivity (Wildman–Crippen MR) is 144 cm³/mol. The SMILES string of the molecule is NS(=O)(=O)c1ccc(C(=O)N2CC3CN(C(=O)c4cc(OCC5CCOCC5)cc(C5CC5)c4)CC3C2)c(F)c1.